The molecule has 1 heterocycles. The number of aryl methyl sites for hydroxylation is 1. The third kappa shape index (κ3) is 3.24. The van der Waals surface area contributed by atoms with Gasteiger partial charge >= 0.3 is 11.9 Å². The van der Waals surface area contributed by atoms with E-state index >= 15 is 0 Å². The third-order valence-electron chi connectivity index (χ3n) is 6.51. The van der Waals surface area contributed by atoms with E-state index in [0.717, 1.165) is 5.56 Å². The van der Waals surface area contributed by atoms with Crippen molar-refractivity contribution in [3.8, 4) is 0 Å². The molecular weight excluding hydrogens is 384 g/mol. The van der Waals surface area contributed by atoms with Crippen LogP contribution in [0.25, 0.3) is 0 Å². The number of esters is 2. The summed E-state index contributed by atoms with van der Waals surface area (Å²) in [5, 5.41) is 0. The van der Waals surface area contributed by atoms with E-state index in [9.17, 15) is 14.4 Å². The molecule has 0 aromatic carbocycles. The highest BCUT2D eigenvalue weighted by molar-refractivity contribution is 6.10. The predicted octanol–water partition coefficient (Wildman–Crippen LogP) is 4.80. The molecule has 1 aromatic heterocycles. The van der Waals surface area contributed by atoms with Gasteiger partial charge < -0.3 is 13.9 Å². The highest BCUT2D eigenvalue weighted by atomic mass is 16.6. The van der Waals surface area contributed by atoms with Crippen LogP contribution in [0.3, 0.4) is 0 Å². The van der Waals surface area contributed by atoms with Crippen LogP contribution in [0.4, 0.5) is 0 Å². The molecule has 1 aromatic rings. The largest absolute Gasteiger partial charge is 0.460 e. The summed E-state index contributed by atoms with van der Waals surface area (Å²) >= 11 is 0. The molecule has 2 aliphatic rings. The van der Waals surface area contributed by atoms with Crippen molar-refractivity contribution in [2.45, 2.75) is 60.2 Å². The van der Waals surface area contributed by atoms with E-state index in [4.69, 9.17) is 13.9 Å². The van der Waals surface area contributed by atoms with E-state index < -0.39 is 29.6 Å². The number of furan rings is 1. The summed E-state index contributed by atoms with van der Waals surface area (Å²) < 4.78 is 17.2. The maximum Gasteiger partial charge on any atom is 0.334 e. The molecule has 0 spiro atoms. The molecule has 0 amide bonds. The Morgan fingerprint density at radius 2 is 1.93 bits per heavy atom. The van der Waals surface area contributed by atoms with Crippen LogP contribution in [0.1, 0.15) is 68.8 Å². The standard InChI is InChI=1S/C24H28O6/c1-8-13(4)23(27)30-21-18-14(5)11-28-20(18)19(25)16-9-10-17(15(6)24(16,21)7)29-22(26)12(2)3/h8-9,11,15,17,21H,2,10H2,1,3-7H3/b13-8-/t15-,17-,21+,24+/m0/s1. The average Bonchev–Trinajstić information content (AvgIpc) is 3.09. The highest BCUT2D eigenvalue weighted by Crippen LogP contribution is 2.58. The van der Waals surface area contributed by atoms with Crippen molar-refractivity contribution >= 4 is 17.7 Å². The smallest absolute Gasteiger partial charge is 0.334 e. The number of ketones is 1. The van der Waals surface area contributed by atoms with Gasteiger partial charge in [0.05, 0.1) is 6.26 Å². The molecule has 160 valence electrons. The van der Waals surface area contributed by atoms with Gasteiger partial charge in [-0.2, -0.15) is 0 Å². The van der Waals surface area contributed by atoms with Gasteiger partial charge in [0, 0.05) is 40.0 Å². The summed E-state index contributed by atoms with van der Waals surface area (Å²) in [5.41, 5.74) is 1.73. The van der Waals surface area contributed by atoms with Crippen LogP contribution in [-0.4, -0.2) is 23.8 Å². The summed E-state index contributed by atoms with van der Waals surface area (Å²) in [6, 6.07) is 0. The summed E-state index contributed by atoms with van der Waals surface area (Å²) in [4.78, 5) is 38.1. The lowest BCUT2D eigenvalue weighted by Gasteiger charge is -2.49. The quantitative estimate of drug-likeness (QED) is 0.522. The monoisotopic (exact) mass is 412 g/mol. The van der Waals surface area contributed by atoms with Crippen molar-refractivity contribution in [2.24, 2.45) is 11.3 Å². The number of ether oxygens (including phenoxy) is 2. The van der Waals surface area contributed by atoms with Gasteiger partial charge in [-0.15, -0.1) is 0 Å². The van der Waals surface area contributed by atoms with E-state index in [0.29, 0.717) is 28.7 Å². The molecule has 0 saturated heterocycles. The summed E-state index contributed by atoms with van der Waals surface area (Å²) in [6.45, 7) is 14.3. The Labute approximate surface area is 176 Å². The van der Waals surface area contributed by atoms with E-state index in [1.54, 1.807) is 32.9 Å². The lowest BCUT2D eigenvalue weighted by atomic mass is 9.57. The predicted molar refractivity (Wildman–Crippen MR) is 111 cm³/mol. The molecule has 6 heteroatoms. The number of Topliss-reactive ketones (excluding diaryl/α,β-unsaturated/α-hetero) is 1. The van der Waals surface area contributed by atoms with E-state index in [-0.39, 0.29) is 17.5 Å². The summed E-state index contributed by atoms with van der Waals surface area (Å²) in [6.07, 6.45) is 4.13. The number of fused-ring (bicyclic) bond motifs is 2. The Morgan fingerprint density at radius 1 is 1.27 bits per heavy atom. The zero-order chi connectivity index (χ0) is 22.4. The molecule has 2 aliphatic carbocycles. The van der Waals surface area contributed by atoms with Crippen LogP contribution in [0.5, 0.6) is 0 Å². The van der Waals surface area contributed by atoms with Gasteiger partial charge in [-0.3, -0.25) is 4.79 Å². The van der Waals surface area contributed by atoms with Crippen LogP contribution in [0, 0.1) is 18.3 Å². The second-order valence-electron chi connectivity index (χ2n) is 8.40. The van der Waals surface area contributed by atoms with E-state index in [1.807, 2.05) is 20.8 Å². The van der Waals surface area contributed by atoms with E-state index in [2.05, 4.69) is 6.58 Å². The first-order chi connectivity index (χ1) is 14.0. The van der Waals surface area contributed by atoms with Gasteiger partial charge in [0.15, 0.2) is 5.76 Å². The number of carbonyl (C=O) groups excluding carboxylic acids is 3. The van der Waals surface area contributed by atoms with Crippen LogP contribution in [-0.2, 0) is 19.1 Å². The number of hydrogen-bond acceptors (Lipinski definition) is 6. The molecule has 0 bridgehead atoms. The number of carbonyl (C=O) groups is 3. The van der Waals surface area contributed by atoms with Gasteiger partial charge in [-0.05, 0) is 33.3 Å². The van der Waals surface area contributed by atoms with Crippen LogP contribution in [0.15, 0.2) is 46.1 Å². The molecule has 0 N–H and O–H groups in total. The second kappa shape index (κ2) is 7.74. The normalized spacial score (nSPS) is 28.2. The Kier molecular flexibility index (Phi) is 5.63. The van der Waals surface area contributed by atoms with E-state index in [1.165, 1.54) is 6.26 Å². The Bertz CT molecular complexity index is 991. The van der Waals surface area contributed by atoms with Crippen molar-refractivity contribution in [1.29, 1.82) is 0 Å². The van der Waals surface area contributed by atoms with Gasteiger partial charge in [-0.1, -0.05) is 32.6 Å². The average molecular weight is 412 g/mol. The molecule has 0 fully saturated rings. The molecule has 0 unspecified atom stereocenters. The minimum atomic E-state index is -0.888. The maximum absolute atomic E-state index is 13.2. The molecular formula is C24H28O6. The molecule has 4 atom stereocenters. The van der Waals surface area contributed by atoms with Crippen LogP contribution >= 0.6 is 0 Å². The zero-order valence-corrected chi connectivity index (χ0v) is 18.3. The first-order valence-corrected chi connectivity index (χ1v) is 10.1. The van der Waals surface area contributed by atoms with Crippen LogP contribution < -0.4 is 0 Å². The molecule has 0 radical (unpaired) electrons. The molecule has 3 rings (SSSR count). The van der Waals surface area contributed by atoms with Crippen molar-refractivity contribution in [2.75, 3.05) is 0 Å². The van der Waals surface area contributed by atoms with Crippen molar-refractivity contribution < 1.29 is 28.3 Å². The maximum atomic E-state index is 13.2. The van der Waals surface area contributed by atoms with Gasteiger partial charge in [0.25, 0.3) is 0 Å². The SMILES string of the molecule is C=C(C)C(=O)O[C@H]1CC=C2C(=O)c3occ(C)c3[C@@H](OC(=O)/C(C)=C\C)[C@]2(C)[C@H]1C. The fourth-order valence-electron chi connectivity index (χ4n) is 4.27. The fourth-order valence-corrected chi connectivity index (χ4v) is 4.27. The lowest BCUT2D eigenvalue weighted by Crippen LogP contribution is -2.50. The third-order valence-corrected chi connectivity index (χ3v) is 6.51. The molecule has 0 aliphatic heterocycles. The fraction of sp³-hybridized carbons (Fsp3) is 0.458. The lowest BCUT2D eigenvalue weighted by molar-refractivity contribution is -0.162. The first-order valence-electron chi connectivity index (χ1n) is 10.1. The van der Waals surface area contributed by atoms with Crippen molar-refractivity contribution in [1.82, 2.24) is 0 Å². The Hall–Kier alpha value is -2.89. The topological polar surface area (TPSA) is 82.8 Å². The van der Waals surface area contributed by atoms with Crippen molar-refractivity contribution in [3.63, 3.8) is 0 Å². The van der Waals surface area contributed by atoms with Crippen molar-refractivity contribution in [3.05, 3.63) is 58.6 Å². The Balaban J connectivity index is 2.12. The minimum Gasteiger partial charge on any atom is -0.460 e. The van der Waals surface area contributed by atoms with Crippen LogP contribution in [0.2, 0.25) is 0 Å². The Morgan fingerprint density at radius 3 is 2.53 bits per heavy atom. The second-order valence-corrected chi connectivity index (χ2v) is 8.40. The molecule has 0 saturated carbocycles. The minimum absolute atomic E-state index is 0.205. The number of rotatable bonds is 4. The zero-order valence-electron chi connectivity index (χ0n) is 18.3. The number of allylic oxidation sites excluding steroid dienone is 1. The highest BCUT2D eigenvalue weighted by Gasteiger charge is 2.58. The first kappa shape index (κ1) is 21.8. The molecule has 30 heavy (non-hydrogen) atoms. The summed E-state index contributed by atoms with van der Waals surface area (Å²) in [7, 11) is 0. The van der Waals surface area contributed by atoms with Gasteiger partial charge in [0.1, 0.15) is 12.2 Å². The van der Waals surface area contributed by atoms with Gasteiger partial charge in [-0.25, -0.2) is 9.59 Å². The molecule has 6 nitrogen and oxygen atoms in total. The summed E-state index contributed by atoms with van der Waals surface area (Å²) in [5.74, 6) is -1.25. The number of hydrogen-bond donors (Lipinski definition) is 0. The van der Waals surface area contributed by atoms with Gasteiger partial charge in [0.2, 0.25) is 5.78 Å².